The van der Waals surface area contributed by atoms with E-state index < -0.39 is 0 Å². The molecule has 14 heavy (non-hydrogen) atoms. The van der Waals surface area contributed by atoms with Gasteiger partial charge in [-0.15, -0.1) is 0 Å². The van der Waals surface area contributed by atoms with Crippen molar-refractivity contribution < 1.29 is 9.13 Å². The van der Waals surface area contributed by atoms with Crippen LogP contribution in [0.25, 0.3) is 0 Å². The zero-order valence-corrected chi connectivity index (χ0v) is 8.94. The highest BCUT2D eigenvalue weighted by Gasteiger charge is 2.03. The molecule has 1 aromatic carbocycles. The van der Waals surface area contributed by atoms with Crippen LogP contribution in [0.1, 0.15) is 5.56 Å². The van der Waals surface area contributed by atoms with Gasteiger partial charge in [0.05, 0.1) is 7.11 Å². The summed E-state index contributed by atoms with van der Waals surface area (Å²) >= 11 is 1.63. The van der Waals surface area contributed by atoms with E-state index in [0.29, 0.717) is 23.6 Å². The number of thioether (sulfide) groups is 1. The summed E-state index contributed by atoms with van der Waals surface area (Å²) in [6.07, 6.45) is 0. The maximum absolute atomic E-state index is 13.3. The predicted octanol–water partition coefficient (Wildman–Crippen LogP) is 2.03. The van der Waals surface area contributed by atoms with Crippen LogP contribution in [0.2, 0.25) is 0 Å². The zero-order chi connectivity index (χ0) is 10.4. The second kappa shape index (κ2) is 5.88. The van der Waals surface area contributed by atoms with Gasteiger partial charge in [-0.05, 0) is 11.6 Å². The van der Waals surface area contributed by atoms with Crippen LogP contribution in [0.5, 0.6) is 5.75 Å². The lowest BCUT2D eigenvalue weighted by molar-refractivity contribution is 0.411. The second-order valence-corrected chi connectivity index (χ2v) is 3.90. The average Bonchev–Trinajstić information content (AvgIpc) is 2.20. The minimum atomic E-state index is -0.214. The quantitative estimate of drug-likeness (QED) is 0.763. The molecular formula is C10H14FNOS. The number of benzene rings is 1. The van der Waals surface area contributed by atoms with Crippen LogP contribution in [0, 0.1) is 5.82 Å². The Bertz CT molecular complexity index is 293. The number of hydrogen-bond donors (Lipinski definition) is 1. The Labute approximate surface area is 87.6 Å². The van der Waals surface area contributed by atoms with E-state index in [1.54, 1.807) is 23.9 Å². The number of rotatable bonds is 5. The van der Waals surface area contributed by atoms with Crippen LogP contribution < -0.4 is 10.5 Å². The molecule has 0 spiro atoms. The SMILES string of the molecule is COc1ccc(CSCCN)c(F)c1. The third kappa shape index (κ3) is 3.20. The summed E-state index contributed by atoms with van der Waals surface area (Å²) in [7, 11) is 1.53. The van der Waals surface area contributed by atoms with Gasteiger partial charge in [0.2, 0.25) is 0 Å². The molecule has 1 aromatic rings. The lowest BCUT2D eigenvalue weighted by Gasteiger charge is -2.04. The number of methoxy groups -OCH3 is 1. The standard InChI is InChI=1S/C10H14FNOS/c1-13-9-3-2-8(10(11)6-9)7-14-5-4-12/h2-3,6H,4-5,7,12H2,1H3. The summed E-state index contributed by atoms with van der Waals surface area (Å²) in [4.78, 5) is 0. The van der Waals surface area contributed by atoms with Gasteiger partial charge >= 0.3 is 0 Å². The summed E-state index contributed by atoms with van der Waals surface area (Å²) in [6.45, 7) is 0.627. The minimum Gasteiger partial charge on any atom is -0.497 e. The van der Waals surface area contributed by atoms with Crippen molar-refractivity contribution >= 4 is 11.8 Å². The molecule has 0 aliphatic carbocycles. The first-order valence-corrected chi connectivity index (χ1v) is 5.53. The Morgan fingerprint density at radius 3 is 2.86 bits per heavy atom. The fourth-order valence-corrected chi connectivity index (χ4v) is 1.80. The van der Waals surface area contributed by atoms with E-state index in [2.05, 4.69) is 0 Å². The predicted molar refractivity (Wildman–Crippen MR) is 58.2 cm³/mol. The van der Waals surface area contributed by atoms with E-state index in [4.69, 9.17) is 10.5 Å². The molecule has 1 rings (SSSR count). The van der Waals surface area contributed by atoms with Crippen LogP contribution >= 0.6 is 11.8 Å². The van der Waals surface area contributed by atoms with Gasteiger partial charge in [-0.25, -0.2) is 4.39 Å². The molecule has 0 bridgehead atoms. The number of ether oxygens (including phenoxy) is 1. The van der Waals surface area contributed by atoms with E-state index in [1.807, 2.05) is 0 Å². The van der Waals surface area contributed by atoms with Gasteiger partial charge in [0, 0.05) is 24.1 Å². The molecule has 0 saturated carbocycles. The third-order valence-corrected chi connectivity index (χ3v) is 2.82. The normalized spacial score (nSPS) is 10.2. The lowest BCUT2D eigenvalue weighted by Crippen LogP contribution is -2.01. The monoisotopic (exact) mass is 215 g/mol. The van der Waals surface area contributed by atoms with E-state index in [1.165, 1.54) is 13.2 Å². The molecule has 0 radical (unpaired) electrons. The van der Waals surface area contributed by atoms with Crippen molar-refractivity contribution in [2.24, 2.45) is 5.73 Å². The van der Waals surface area contributed by atoms with Crippen molar-refractivity contribution in [3.8, 4) is 5.75 Å². The van der Waals surface area contributed by atoms with Crippen molar-refractivity contribution in [3.05, 3.63) is 29.6 Å². The summed E-state index contributed by atoms with van der Waals surface area (Å²) in [6, 6.07) is 4.91. The molecule has 0 fully saturated rings. The topological polar surface area (TPSA) is 35.2 Å². The molecule has 0 atom stereocenters. The van der Waals surface area contributed by atoms with Crippen molar-refractivity contribution in [1.29, 1.82) is 0 Å². The van der Waals surface area contributed by atoms with Crippen LogP contribution in [0.15, 0.2) is 18.2 Å². The molecule has 2 N–H and O–H groups in total. The molecule has 0 unspecified atom stereocenters. The first-order chi connectivity index (χ1) is 6.77. The Hall–Kier alpha value is -0.740. The third-order valence-electron chi connectivity index (χ3n) is 1.78. The van der Waals surface area contributed by atoms with Crippen molar-refractivity contribution in [2.45, 2.75) is 5.75 Å². The molecule has 0 heterocycles. The van der Waals surface area contributed by atoms with Gasteiger partial charge in [-0.2, -0.15) is 11.8 Å². The minimum absolute atomic E-state index is 0.214. The molecule has 0 aliphatic heterocycles. The fraction of sp³-hybridized carbons (Fsp3) is 0.400. The van der Waals surface area contributed by atoms with E-state index >= 15 is 0 Å². The van der Waals surface area contributed by atoms with Crippen molar-refractivity contribution in [1.82, 2.24) is 0 Å². The van der Waals surface area contributed by atoms with E-state index in [9.17, 15) is 4.39 Å². The highest BCUT2D eigenvalue weighted by atomic mass is 32.2. The second-order valence-electron chi connectivity index (χ2n) is 2.80. The molecule has 0 aliphatic rings. The Kier molecular flexibility index (Phi) is 4.76. The maximum atomic E-state index is 13.3. The summed E-state index contributed by atoms with van der Waals surface area (Å²) in [5, 5.41) is 0. The maximum Gasteiger partial charge on any atom is 0.130 e. The van der Waals surface area contributed by atoms with Gasteiger partial charge < -0.3 is 10.5 Å². The van der Waals surface area contributed by atoms with Gasteiger partial charge in [-0.3, -0.25) is 0 Å². The fourth-order valence-electron chi connectivity index (χ4n) is 1.04. The van der Waals surface area contributed by atoms with Crippen LogP contribution in [0.3, 0.4) is 0 Å². The van der Waals surface area contributed by atoms with Gasteiger partial charge in [0.25, 0.3) is 0 Å². The Morgan fingerprint density at radius 2 is 2.29 bits per heavy atom. The molecule has 0 aromatic heterocycles. The Balaban J connectivity index is 2.59. The number of nitrogens with two attached hydrogens (primary N) is 1. The highest BCUT2D eigenvalue weighted by Crippen LogP contribution is 2.20. The molecular weight excluding hydrogens is 201 g/mol. The van der Waals surface area contributed by atoms with Crippen molar-refractivity contribution in [3.63, 3.8) is 0 Å². The number of halogens is 1. The molecule has 78 valence electrons. The number of hydrogen-bond acceptors (Lipinski definition) is 3. The summed E-state index contributed by atoms with van der Waals surface area (Å²) < 4.78 is 18.2. The van der Waals surface area contributed by atoms with Crippen molar-refractivity contribution in [2.75, 3.05) is 19.4 Å². The van der Waals surface area contributed by atoms with Gasteiger partial charge in [0.1, 0.15) is 11.6 Å². The molecule has 0 saturated heterocycles. The first-order valence-electron chi connectivity index (χ1n) is 4.38. The van der Waals surface area contributed by atoms with Crippen LogP contribution in [0.4, 0.5) is 4.39 Å². The smallest absolute Gasteiger partial charge is 0.130 e. The molecule has 4 heteroatoms. The lowest BCUT2D eigenvalue weighted by atomic mass is 10.2. The largest absolute Gasteiger partial charge is 0.497 e. The Morgan fingerprint density at radius 1 is 1.50 bits per heavy atom. The van der Waals surface area contributed by atoms with E-state index in [-0.39, 0.29) is 5.82 Å². The molecule has 2 nitrogen and oxygen atoms in total. The van der Waals surface area contributed by atoms with E-state index in [0.717, 1.165) is 5.75 Å². The first kappa shape index (κ1) is 11.3. The van der Waals surface area contributed by atoms with Crippen LogP contribution in [-0.2, 0) is 5.75 Å². The van der Waals surface area contributed by atoms with Gasteiger partial charge in [-0.1, -0.05) is 6.07 Å². The zero-order valence-electron chi connectivity index (χ0n) is 8.13. The van der Waals surface area contributed by atoms with Crippen LogP contribution in [-0.4, -0.2) is 19.4 Å². The summed E-state index contributed by atoms with van der Waals surface area (Å²) in [5.74, 6) is 1.85. The summed E-state index contributed by atoms with van der Waals surface area (Å²) in [5.41, 5.74) is 6.04. The average molecular weight is 215 g/mol. The molecule has 0 amide bonds. The van der Waals surface area contributed by atoms with Gasteiger partial charge in [0.15, 0.2) is 0 Å². The highest BCUT2D eigenvalue weighted by molar-refractivity contribution is 7.98.